The minimum absolute atomic E-state index is 0. The summed E-state index contributed by atoms with van der Waals surface area (Å²) in [6.45, 7) is 8.39. The molecule has 0 N–H and O–H groups in total. The van der Waals surface area contributed by atoms with Crippen molar-refractivity contribution < 1.29 is 16.9 Å². The van der Waals surface area contributed by atoms with Gasteiger partial charge in [0, 0.05) is 24.4 Å². The van der Waals surface area contributed by atoms with E-state index in [0.717, 1.165) is 16.4 Å². The van der Waals surface area contributed by atoms with Crippen LogP contribution >= 0.6 is 12.4 Å². The second kappa shape index (κ2) is 5.90. The highest BCUT2D eigenvalue weighted by atomic mass is 35.5. The van der Waals surface area contributed by atoms with E-state index in [1.54, 1.807) is 0 Å². The number of likely N-dealkylation sites (tertiary alicyclic amines) is 1. The highest BCUT2D eigenvalue weighted by Crippen LogP contribution is 2.35. The third-order valence-corrected chi connectivity index (χ3v) is 4.43. The highest BCUT2D eigenvalue weighted by Gasteiger charge is 2.44. The van der Waals surface area contributed by atoms with Crippen molar-refractivity contribution in [3.05, 3.63) is 0 Å². The maximum absolute atomic E-state index is 2.50. The van der Waals surface area contributed by atoms with Crippen LogP contribution < -0.4 is 12.4 Å². The molecule has 2 atom stereocenters. The molecule has 1 rings (SSSR count). The van der Waals surface area contributed by atoms with Crippen LogP contribution in [0.5, 0.6) is 0 Å². The lowest BCUT2D eigenvalue weighted by Gasteiger charge is -2.52. The van der Waals surface area contributed by atoms with Crippen LogP contribution in [0.1, 0.15) is 27.2 Å². The van der Waals surface area contributed by atoms with Gasteiger partial charge in [0.2, 0.25) is 0 Å². The van der Waals surface area contributed by atoms with Crippen molar-refractivity contribution >= 4 is 12.4 Å². The third kappa shape index (κ3) is 3.49. The van der Waals surface area contributed by atoms with E-state index in [1.165, 1.54) is 13.0 Å². The van der Waals surface area contributed by atoms with Gasteiger partial charge in [-0.15, -0.1) is 12.4 Å². The Hall–Kier alpha value is 0.500. The van der Waals surface area contributed by atoms with Crippen LogP contribution in [0.15, 0.2) is 0 Å². The van der Waals surface area contributed by atoms with Crippen LogP contribution in [0.4, 0.5) is 0 Å². The first-order valence-electron chi connectivity index (χ1n) is 5.69. The Morgan fingerprint density at radius 3 is 2.00 bits per heavy atom. The average Bonchev–Trinajstić information content (AvgIpc) is 1.99. The van der Waals surface area contributed by atoms with E-state index in [1.807, 2.05) is 0 Å². The van der Waals surface area contributed by atoms with E-state index in [2.05, 4.69) is 53.9 Å². The zero-order chi connectivity index (χ0) is 11.1. The molecule has 0 aromatic carbocycles. The summed E-state index contributed by atoms with van der Waals surface area (Å²) < 4.78 is 1.10. The molecule has 0 saturated carbocycles. The molecule has 4 heteroatoms. The van der Waals surface area contributed by atoms with Gasteiger partial charge in [-0.05, 0) is 20.9 Å². The molecule has 0 radical (unpaired) electrons. The van der Waals surface area contributed by atoms with Gasteiger partial charge in [-0.1, -0.05) is 6.92 Å². The summed E-state index contributed by atoms with van der Waals surface area (Å²) in [6, 6.07) is 0.793. The summed E-state index contributed by atoms with van der Waals surface area (Å²) in [6.07, 6.45) is 1.32. The lowest BCUT2D eigenvalue weighted by Crippen LogP contribution is -3.00. The molecule has 0 amide bonds. The minimum atomic E-state index is 0. The molecule has 1 aliphatic heterocycles. The summed E-state index contributed by atoms with van der Waals surface area (Å²) in [5.41, 5.74) is 0.342. The van der Waals surface area contributed by atoms with E-state index in [0.29, 0.717) is 5.54 Å². The fourth-order valence-electron chi connectivity index (χ4n) is 2.74. The van der Waals surface area contributed by atoms with E-state index < -0.39 is 0 Å². The molecule has 1 heterocycles. The summed E-state index contributed by atoms with van der Waals surface area (Å²) in [5.74, 6) is 0.751. The molecule has 100 valence electrons. The first-order chi connectivity index (χ1) is 6.17. The predicted octanol–water partition coefficient (Wildman–Crippen LogP) is -0.763. The molecule has 1 aliphatic rings. The van der Waals surface area contributed by atoms with Crippen LogP contribution in [0.2, 0.25) is 0 Å². The zero-order valence-corrected chi connectivity index (χ0v) is 13.3. The van der Waals surface area contributed by atoms with Crippen LogP contribution in [-0.4, -0.2) is 55.7 Å². The zero-order valence-electron chi connectivity index (χ0n) is 11.7. The molecule has 1 saturated heterocycles. The van der Waals surface area contributed by atoms with E-state index in [4.69, 9.17) is 0 Å². The molecule has 0 aromatic rings. The molecule has 0 spiro atoms. The Kier molecular flexibility index (Phi) is 6.95. The number of rotatable bonds is 1. The molecule has 2 nitrogen and oxygen atoms in total. The maximum Gasteiger partial charge on any atom is 0.0940 e. The van der Waals surface area contributed by atoms with Gasteiger partial charge in [0.15, 0.2) is 0 Å². The number of quaternary nitrogens is 1. The van der Waals surface area contributed by atoms with Crippen LogP contribution in [0.25, 0.3) is 0 Å². The molecular formula is C12H28Cl2N2. The topological polar surface area (TPSA) is 3.24 Å². The fraction of sp³-hybridized carbons (Fsp3) is 1.00. The van der Waals surface area contributed by atoms with Gasteiger partial charge >= 0.3 is 0 Å². The molecule has 0 aliphatic carbocycles. The van der Waals surface area contributed by atoms with Gasteiger partial charge in [-0.2, -0.15) is 0 Å². The molecule has 0 bridgehead atoms. The Labute approximate surface area is 114 Å². The molecule has 2 unspecified atom stereocenters. The highest BCUT2D eigenvalue weighted by molar-refractivity contribution is 5.85. The first kappa shape index (κ1) is 18.9. The van der Waals surface area contributed by atoms with Gasteiger partial charge in [-0.3, -0.25) is 0 Å². The van der Waals surface area contributed by atoms with Crippen molar-refractivity contribution in [2.24, 2.45) is 5.92 Å². The molecule has 16 heavy (non-hydrogen) atoms. The fourth-order valence-corrected chi connectivity index (χ4v) is 2.74. The number of hydrogen-bond donors (Lipinski definition) is 0. The molecule has 1 fully saturated rings. The van der Waals surface area contributed by atoms with Crippen molar-refractivity contribution in [3.63, 3.8) is 0 Å². The third-order valence-electron chi connectivity index (χ3n) is 4.43. The van der Waals surface area contributed by atoms with Crippen molar-refractivity contribution in [1.29, 1.82) is 0 Å². The molecular weight excluding hydrogens is 243 g/mol. The van der Waals surface area contributed by atoms with Crippen LogP contribution in [0.3, 0.4) is 0 Å². The Bertz CT molecular complexity index is 212. The summed E-state index contributed by atoms with van der Waals surface area (Å²) in [7, 11) is 9.22. The summed E-state index contributed by atoms with van der Waals surface area (Å²) in [5, 5.41) is 0. The van der Waals surface area contributed by atoms with Gasteiger partial charge in [0.1, 0.15) is 0 Å². The Balaban J connectivity index is 0. The summed E-state index contributed by atoms with van der Waals surface area (Å²) in [4.78, 5) is 2.50. The number of halogens is 2. The Morgan fingerprint density at radius 2 is 1.62 bits per heavy atom. The number of hydrogen-bond acceptors (Lipinski definition) is 1. The number of piperidine rings is 1. The summed E-state index contributed by atoms with van der Waals surface area (Å²) >= 11 is 0. The lowest BCUT2D eigenvalue weighted by atomic mass is 9.76. The predicted molar refractivity (Wildman–Crippen MR) is 69.6 cm³/mol. The van der Waals surface area contributed by atoms with Gasteiger partial charge in [0.05, 0.1) is 27.2 Å². The SMILES string of the molecule is CC1C([N+](C)(C)C)CCN(C)C1(C)C.Cl.[Cl-]. The number of nitrogens with zero attached hydrogens (tertiary/aromatic N) is 2. The maximum atomic E-state index is 2.50. The first-order valence-corrected chi connectivity index (χ1v) is 5.69. The Morgan fingerprint density at radius 1 is 1.19 bits per heavy atom. The van der Waals surface area contributed by atoms with E-state index in [9.17, 15) is 0 Å². The monoisotopic (exact) mass is 270 g/mol. The smallest absolute Gasteiger partial charge is 0.0940 e. The largest absolute Gasteiger partial charge is 1.00 e. The van der Waals surface area contributed by atoms with Gasteiger partial charge in [-0.25, -0.2) is 0 Å². The van der Waals surface area contributed by atoms with Gasteiger partial charge in [0.25, 0.3) is 0 Å². The quantitative estimate of drug-likeness (QED) is 0.567. The van der Waals surface area contributed by atoms with E-state index >= 15 is 0 Å². The van der Waals surface area contributed by atoms with E-state index in [-0.39, 0.29) is 24.8 Å². The second-order valence-corrected chi connectivity index (χ2v) is 6.34. The molecule has 0 aromatic heterocycles. The average molecular weight is 271 g/mol. The van der Waals surface area contributed by atoms with Crippen molar-refractivity contribution in [2.75, 3.05) is 34.7 Å². The standard InChI is InChI=1S/C12H27N2.2ClH/c1-10-11(14(5,6)7)8-9-13(4)12(10,2)3;;/h10-11H,8-9H2,1-7H3;2*1H/q+1;;/p-1. The minimum Gasteiger partial charge on any atom is -1.00 e. The lowest BCUT2D eigenvalue weighted by molar-refractivity contribution is -0.902. The van der Waals surface area contributed by atoms with Crippen LogP contribution in [-0.2, 0) is 0 Å². The van der Waals surface area contributed by atoms with Gasteiger partial charge < -0.3 is 21.8 Å². The second-order valence-electron chi connectivity index (χ2n) is 6.34. The van der Waals surface area contributed by atoms with Crippen molar-refractivity contribution in [2.45, 2.75) is 38.8 Å². The van der Waals surface area contributed by atoms with Crippen LogP contribution in [0, 0.1) is 5.92 Å². The normalized spacial score (nSPS) is 30.2. The van der Waals surface area contributed by atoms with Crippen molar-refractivity contribution in [1.82, 2.24) is 4.90 Å². The van der Waals surface area contributed by atoms with Crippen molar-refractivity contribution in [3.8, 4) is 0 Å².